The van der Waals surface area contributed by atoms with Crippen molar-refractivity contribution in [2.45, 2.75) is 65.6 Å². The van der Waals surface area contributed by atoms with Gasteiger partial charge >= 0.3 is 12.2 Å². The van der Waals surface area contributed by atoms with Crippen molar-refractivity contribution in [3.8, 4) is 11.8 Å². The Hall–Kier alpha value is -3.74. The Labute approximate surface area is 204 Å². The number of alkyl carbamates (subject to hydrolysis) is 2. The summed E-state index contributed by atoms with van der Waals surface area (Å²) in [6, 6.07) is 0. The average molecular weight is 475 g/mol. The van der Waals surface area contributed by atoms with Gasteiger partial charge < -0.3 is 20.1 Å². The Kier molecular flexibility index (Phi) is 12.0. The first kappa shape index (κ1) is 28.3. The van der Waals surface area contributed by atoms with Crippen LogP contribution >= 0.6 is 0 Å². The van der Waals surface area contributed by atoms with Gasteiger partial charge in [-0.25, -0.2) is 29.5 Å². The van der Waals surface area contributed by atoms with Gasteiger partial charge in [-0.3, -0.25) is 0 Å². The lowest BCUT2D eigenvalue weighted by Gasteiger charge is -2.19. The molecule has 0 unspecified atom stereocenters. The summed E-state index contributed by atoms with van der Waals surface area (Å²) in [7, 11) is 0. The molecule has 0 atom stereocenters. The van der Waals surface area contributed by atoms with Gasteiger partial charge in [-0.05, 0) is 59.9 Å². The van der Waals surface area contributed by atoms with Crippen molar-refractivity contribution in [1.82, 2.24) is 30.6 Å². The van der Waals surface area contributed by atoms with E-state index >= 15 is 0 Å². The van der Waals surface area contributed by atoms with Crippen molar-refractivity contribution in [1.29, 1.82) is 0 Å². The minimum absolute atomic E-state index is 0. The quantitative estimate of drug-likeness (QED) is 0.495. The second-order valence-electron chi connectivity index (χ2n) is 9.06. The molecule has 0 aliphatic carbocycles. The SMILES string of the molecule is CC(C)(C)OC(=O)NCC#Cc1cncnc1.CC(C)(C)OC(=O)NCCCc1cncnc1.[HH].[HH]. The maximum Gasteiger partial charge on any atom is 0.408 e. The molecule has 2 rings (SSSR count). The van der Waals surface area contributed by atoms with E-state index in [0.29, 0.717) is 12.1 Å². The summed E-state index contributed by atoms with van der Waals surface area (Å²) < 4.78 is 10.2. The van der Waals surface area contributed by atoms with E-state index in [2.05, 4.69) is 42.4 Å². The lowest BCUT2D eigenvalue weighted by Crippen LogP contribution is -2.33. The van der Waals surface area contributed by atoms with Crippen LogP contribution in [0, 0.1) is 11.8 Å². The zero-order valence-corrected chi connectivity index (χ0v) is 20.7. The van der Waals surface area contributed by atoms with Crippen LogP contribution in [0.15, 0.2) is 37.4 Å². The zero-order chi connectivity index (χ0) is 25.5. The summed E-state index contributed by atoms with van der Waals surface area (Å²) in [5.74, 6) is 5.59. The van der Waals surface area contributed by atoms with Crippen LogP contribution in [0.1, 0.15) is 61.9 Å². The van der Waals surface area contributed by atoms with Crippen molar-refractivity contribution >= 4 is 12.2 Å². The standard InChI is InChI=1S/C12H19N3O2.C12H15N3O2.2H2/c2*1-12(2,3)17-11(16)15-6-4-5-10-7-13-9-14-8-10;;/h7-9H,4-6H2,1-3H3,(H,15,16);7-9H,6H2,1-3H3,(H,15,16);2*1H. The van der Waals surface area contributed by atoms with Crippen molar-refractivity contribution in [2.24, 2.45) is 0 Å². The predicted octanol–water partition coefficient (Wildman–Crippen LogP) is 3.78. The molecule has 0 aliphatic heterocycles. The summed E-state index contributed by atoms with van der Waals surface area (Å²) in [5, 5.41) is 5.24. The number of ether oxygens (including phenoxy) is 2. The smallest absolute Gasteiger partial charge is 0.408 e. The number of hydrogen-bond acceptors (Lipinski definition) is 8. The molecule has 10 nitrogen and oxygen atoms in total. The van der Waals surface area contributed by atoms with Crippen LogP contribution in [-0.2, 0) is 15.9 Å². The van der Waals surface area contributed by atoms with Gasteiger partial charge in [-0.2, -0.15) is 0 Å². The molecular weight excluding hydrogens is 436 g/mol. The second-order valence-corrected chi connectivity index (χ2v) is 9.06. The van der Waals surface area contributed by atoms with Crippen molar-refractivity contribution in [2.75, 3.05) is 13.1 Å². The van der Waals surface area contributed by atoms with Crippen molar-refractivity contribution in [3.63, 3.8) is 0 Å². The minimum atomic E-state index is -0.495. The molecule has 0 fully saturated rings. The molecule has 0 radical (unpaired) electrons. The van der Waals surface area contributed by atoms with Crippen LogP contribution in [0.4, 0.5) is 9.59 Å². The molecule has 0 saturated carbocycles. The molecule has 2 aromatic heterocycles. The highest BCUT2D eigenvalue weighted by Gasteiger charge is 2.15. The third-order valence-electron chi connectivity index (χ3n) is 3.44. The molecule has 34 heavy (non-hydrogen) atoms. The van der Waals surface area contributed by atoms with Crippen molar-refractivity contribution < 1.29 is 21.9 Å². The molecule has 0 aromatic carbocycles. The van der Waals surface area contributed by atoms with Gasteiger partial charge in [0.05, 0.1) is 12.1 Å². The van der Waals surface area contributed by atoms with E-state index in [1.165, 1.54) is 12.7 Å². The first-order valence-electron chi connectivity index (χ1n) is 10.9. The van der Waals surface area contributed by atoms with Gasteiger partial charge in [0.1, 0.15) is 23.9 Å². The number of rotatable bonds is 5. The van der Waals surface area contributed by atoms with Crippen LogP contribution in [0.5, 0.6) is 0 Å². The highest BCUT2D eigenvalue weighted by atomic mass is 16.6. The number of carbonyl (C=O) groups excluding carboxylic acids is 2. The van der Waals surface area contributed by atoms with E-state index in [4.69, 9.17) is 9.47 Å². The third-order valence-corrected chi connectivity index (χ3v) is 3.44. The van der Waals surface area contributed by atoms with Crippen LogP contribution in [0.25, 0.3) is 0 Å². The Morgan fingerprint density at radius 1 is 0.853 bits per heavy atom. The number of nitrogens with zero attached hydrogens (tertiary/aromatic N) is 4. The lowest BCUT2D eigenvalue weighted by molar-refractivity contribution is 0.0519. The molecule has 2 N–H and O–H groups in total. The second kappa shape index (κ2) is 14.4. The van der Waals surface area contributed by atoms with Gasteiger partial charge in [0.25, 0.3) is 0 Å². The van der Waals surface area contributed by atoms with E-state index in [9.17, 15) is 9.59 Å². The van der Waals surface area contributed by atoms with E-state index in [0.717, 1.165) is 18.4 Å². The van der Waals surface area contributed by atoms with Crippen LogP contribution in [0.2, 0.25) is 0 Å². The highest BCUT2D eigenvalue weighted by Crippen LogP contribution is 2.07. The molecule has 0 spiro atoms. The molecule has 0 saturated heterocycles. The van der Waals surface area contributed by atoms with Crippen LogP contribution < -0.4 is 10.6 Å². The average Bonchev–Trinajstić information content (AvgIpc) is 2.74. The number of aromatic nitrogens is 4. The van der Waals surface area contributed by atoms with E-state index in [-0.39, 0.29) is 15.5 Å². The summed E-state index contributed by atoms with van der Waals surface area (Å²) in [4.78, 5) is 38.0. The molecule has 188 valence electrons. The largest absolute Gasteiger partial charge is 0.444 e. The first-order valence-corrected chi connectivity index (χ1v) is 10.9. The van der Waals surface area contributed by atoms with Gasteiger partial charge in [-0.15, -0.1) is 0 Å². The fraction of sp³-hybridized carbons (Fsp3) is 0.500. The Morgan fingerprint density at radius 2 is 1.35 bits per heavy atom. The molecule has 0 aliphatic rings. The fourth-order valence-corrected chi connectivity index (χ4v) is 2.20. The Morgan fingerprint density at radius 3 is 1.88 bits per heavy atom. The van der Waals surface area contributed by atoms with Gasteiger partial charge in [-0.1, -0.05) is 11.8 Å². The highest BCUT2D eigenvalue weighted by molar-refractivity contribution is 5.68. The van der Waals surface area contributed by atoms with E-state index in [1.54, 1.807) is 45.6 Å². The molecular formula is C24H38N6O4. The van der Waals surface area contributed by atoms with E-state index in [1.807, 2.05) is 20.8 Å². The third kappa shape index (κ3) is 16.0. The van der Waals surface area contributed by atoms with Crippen molar-refractivity contribution in [3.05, 3.63) is 48.6 Å². The lowest BCUT2D eigenvalue weighted by atomic mass is 10.2. The predicted molar refractivity (Wildman–Crippen MR) is 132 cm³/mol. The maximum absolute atomic E-state index is 11.3. The first-order chi connectivity index (χ1) is 15.9. The normalized spacial score (nSPS) is 10.5. The minimum Gasteiger partial charge on any atom is -0.444 e. The van der Waals surface area contributed by atoms with Gasteiger partial charge in [0.15, 0.2) is 0 Å². The number of aryl methyl sites for hydroxylation is 1. The fourth-order valence-electron chi connectivity index (χ4n) is 2.20. The van der Waals surface area contributed by atoms with Crippen LogP contribution in [0.3, 0.4) is 0 Å². The Balaban J connectivity index is 0. The summed E-state index contributed by atoms with van der Waals surface area (Å²) in [5.41, 5.74) is 0.833. The number of amides is 2. The van der Waals surface area contributed by atoms with Gasteiger partial charge in [0.2, 0.25) is 0 Å². The number of carbonyl (C=O) groups is 2. The molecule has 2 aromatic rings. The molecule has 0 bridgehead atoms. The molecule has 10 heteroatoms. The Bertz CT molecular complexity index is 940. The van der Waals surface area contributed by atoms with Gasteiger partial charge in [0, 0.05) is 34.2 Å². The monoisotopic (exact) mass is 474 g/mol. The summed E-state index contributed by atoms with van der Waals surface area (Å²) in [6.07, 6.45) is 10.5. The summed E-state index contributed by atoms with van der Waals surface area (Å²) >= 11 is 0. The van der Waals surface area contributed by atoms with Crippen LogP contribution in [-0.4, -0.2) is 56.4 Å². The number of nitrogens with one attached hydrogen (secondary N) is 2. The van der Waals surface area contributed by atoms with E-state index < -0.39 is 17.3 Å². The zero-order valence-electron chi connectivity index (χ0n) is 20.7. The number of hydrogen-bond donors (Lipinski definition) is 2. The maximum atomic E-state index is 11.3. The molecule has 2 amide bonds. The topological polar surface area (TPSA) is 128 Å². The molecule has 2 heterocycles. The summed E-state index contributed by atoms with van der Waals surface area (Å²) in [6.45, 7) is 11.8.